The predicted molar refractivity (Wildman–Crippen MR) is 77.0 cm³/mol. The molecule has 1 aliphatic heterocycles. The molecule has 1 saturated carbocycles. The van der Waals surface area contributed by atoms with Crippen molar-refractivity contribution in [3.8, 4) is 0 Å². The molecule has 0 radical (unpaired) electrons. The van der Waals surface area contributed by atoms with E-state index in [-0.39, 0.29) is 12.1 Å². The molecule has 2 fully saturated rings. The van der Waals surface area contributed by atoms with Gasteiger partial charge in [-0.1, -0.05) is 19.1 Å². The van der Waals surface area contributed by atoms with Gasteiger partial charge >= 0.3 is 5.97 Å². The first-order valence-corrected chi connectivity index (χ1v) is 7.91. The van der Waals surface area contributed by atoms with E-state index in [1.54, 1.807) is 0 Å². The van der Waals surface area contributed by atoms with Crippen LogP contribution in [0, 0.1) is 11.3 Å². The fourth-order valence-corrected chi connectivity index (χ4v) is 4.20. The molecule has 3 nitrogen and oxygen atoms in total. The second-order valence-electron chi connectivity index (χ2n) is 6.23. The summed E-state index contributed by atoms with van der Waals surface area (Å²) in [6.07, 6.45) is 9.21. The maximum Gasteiger partial charge on any atom is 0.319 e. The van der Waals surface area contributed by atoms with Crippen LogP contribution in [0.15, 0.2) is 24.0 Å². The van der Waals surface area contributed by atoms with Crippen LogP contribution in [0.5, 0.6) is 0 Å². The van der Waals surface area contributed by atoms with Gasteiger partial charge in [0.2, 0.25) is 0 Å². The number of ether oxygens (including phenoxy) is 2. The van der Waals surface area contributed by atoms with E-state index >= 15 is 0 Å². The average Bonchev–Trinajstić information content (AvgIpc) is 3.01. The van der Waals surface area contributed by atoms with Crippen molar-refractivity contribution < 1.29 is 14.3 Å². The Balaban J connectivity index is 2.04. The Kier molecular flexibility index (Phi) is 3.61. The van der Waals surface area contributed by atoms with Crippen LogP contribution in [0.1, 0.15) is 51.9 Å². The molecule has 3 heteroatoms. The van der Waals surface area contributed by atoms with Gasteiger partial charge in [-0.3, -0.25) is 4.79 Å². The summed E-state index contributed by atoms with van der Waals surface area (Å²) in [5, 5.41) is 0. The van der Waals surface area contributed by atoms with Gasteiger partial charge in [0.05, 0.1) is 6.61 Å². The summed E-state index contributed by atoms with van der Waals surface area (Å²) < 4.78 is 11.5. The fourth-order valence-electron chi connectivity index (χ4n) is 4.20. The third-order valence-corrected chi connectivity index (χ3v) is 5.12. The molecule has 1 heterocycles. The number of hydrogen-bond donors (Lipinski definition) is 0. The number of carbonyl (C=O) groups is 1. The molecule has 0 aromatic rings. The normalized spacial score (nSPS) is 35.9. The number of carbonyl (C=O) groups excluding carboxylic acids is 1. The minimum absolute atomic E-state index is 0.0405. The van der Waals surface area contributed by atoms with Gasteiger partial charge in [-0.05, 0) is 50.5 Å². The van der Waals surface area contributed by atoms with E-state index in [4.69, 9.17) is 9.47 Å². The Morgan fingerprint density at radius 3 is 3.05 bits per heavy atom. The average molecular weight is 276 g/mol. The Morgan fingerprint density at radius 1 is 1.50 bits per heavy atom. The lowest BCUT2D eigenvalue weighted by atomic mass is 9.78. The lowest BCUT2D eigenvalue weighted by molar-refractivity contribution is -0.153. The van der Waals surface area contributed by atoms with Crippen molar-refractivity contribution in [2.75, 3.05) is 6.61 Å². The van der Waals surface area contributed by atoms with Crippen molar-refractivity contribution >= 4 is 5.97 Å². The van der Waals surface area contributed by atoms with Crippen LogP contribution < -0.4 is 0 Å². The van der Waals surface area contributed by atoms with Crippen LogP contribution in [0.25, 0.3) is 0 Å². The summed E-state index contributed by atoms with van der Waals surface area (Å²) in [5.41, 5.74) is 0.878. The van der Waals surface area contributed by atoms with E-state index in [1.807, 2.05) is 13.0 Å². The number of hydrogen-bond acceptors (Lipinski definition) is 3. The third kappa shape index (κ3) is 1.99. The topological polar surface area (TPSA) is 35.5 Å². The Labute approximate surface area is 121 Å². The van der Waals surface area contributed by atoms with Gasteiger partial charge in [-0.2, -0.15) is 0 Å². The third-order valence-electron chi connectivity index (χ3n) is 5.12. The van der Waals surface area contributed by atoms with Crippen molar-refractivity contribution in [3.05, 3.63) is 24.0 Å². The van der Waals surface area contributed by atoms with Gasteiger partial charge in [0.25, 0.3) is 0 Å². The van der Waals surface area contributed by atoms with Crippen molar-refractivity contribution in [1.82, 2.24) is 0 Å². The summed E-state index contributed by atoms with van der Waals surface area (Å²) in [4.78, 5) is 12.6. The van der Waals surface area contributed by atoms with Gasteiger partial charge in [0, 0.05) is 6.42 Å². The highest BCUT2D eigenvalue weighted by Crippen LogP contribution is 2.54. The molecule has 3 rings (SSSR count). The van der Waals surface area contributed by atoms with E-state index in [9.17, 15) is 4.79 Å². The zero-order chi connectivity index (χ0) is 14.2. The number of rotatable bonds is 3. The van der Waals surface area contributed by atoms with Crippen molar-refractivity contribution in [1.29, 1.82) is 0 Å². The van der Waals surface area contributed by atoms with E-state index < -0.39 is 5.41 Å². The number of fused-ring (bicyclic) bond motifs is 2. The molecule has 0 unspecified atom stereocenters. The zero-order valence-corrected chi connectivity index (χ0v) is 12.3. The summed E-state index contributed by atoms with van der Waals surface area (Å²) in [6, 6.07) is 0. The fraction of sp³-hybridized carbons (Fsp3) is 0.706. The maximum atomic E-state index is 12.6. The summed E-state index contributed by atoms with van der Waals surface area (Å²) in [5.74, 6) is 1.50. The van der Waals surface area contributed by atoms with Gasteiger partial charge in [-0.15, -0.1) is 0 Å². The zero-order valence-electron chi connectivity index (χ0n) is 12.3. The van der Waals surface area contributed by atoms with Gasteiger partial charge in [-0.25, -0.2) is 0 Å². The van der Waals surface area contributed by atoms with Crippen LogP contribution in [-0.4, -0.2) is 18.7 Å². The van der Waals surface area contributed by atoms with Crippen LogP contribution in [0.2, 0.25) is 0 Å². The Hall–Kier alpha value is -1.25. The highest BCUT2D eigenvalue weighted by molar-refractivity contribution is 5.81. The van der Waals surface area contributed by atoms with Gasteiger partial charge in [0.1, 0.15) is 17.3 Å². The lowest BCUT2D eigenvalue weighted by Gasteiger charge is -2.25. The van der Waals surface area contributed by atoms with Crippen molar-refractivity contribution in [2.24, 2.45) is 11.3 Å². The minimum Gasteiger partial charge on any atom is -0.489 e. The molecule has 0 aromatic carbocycles. The van der Waals surface area contributed by atoms with Crippen molar-refractivity contribution in [2.45, 2.75) is 58.0 Å². The van der Waals surface area contributed by atoms with Gasteiger partial charge in [0.15, 0.2) is 0 Å². The SMILES string of the molecule is C=C[C@H]1C[C@@]2(C(=O)OCC)CCC[C@@H]3CCCC3=C2O1. The van der Waals surface area contributed by atoms with E-state index in [1.165, 1.54) is 24.8 Å². The number of esters is 1. The molecule has 3 atom stereocenters. The molecule has 3 aliphatic rings. The molecular weight excluding hydrogens is 252 g/mol. The quantitative estimate of drug-likeness (QED) is 0.582. The Morgan fingerprint density at radius 2 is 2.30 bits per heavy atom. The second kappa shape index (κ2) is 5.27. The first-order valence-electron chi connectivity index (χ1n) is 7.91. The Bertz CT molecular complexity index is 451. The minimum atomic E-state index is -0.525. The highest BCUT2D eigenvalue weighted by atomic mass is 16.5. The molecule has 0 amide bonds. The molecule has 0 spiro atoms. The van der Waals surface area contributed by atoms with Crippen LogP contribution in [0.4, 0.5) is 0 Å². The standard InChI is InChI=1S/C17H24O3/c1-3-13-11-17(16(18)19-4-2)10-6-8-12-7-5-9-14(12)15(17)20-13/h3,12-13H,1,4-11H2,2H3/t12-,13-,17-/m0/s1. The van der Waals surface area contributed by atoms with Crippen LogP contribution in [0.3, 0.4) is 0 Å². The lowest BCUT2D eigenvalue weighted by Crippen LogP contribution is -2.32. The van der Waals surface area contributed by atoms with E-state index in [0.29, 0.717) is 18.9 Å². The first kappa shape index (κ1) is 13.7. The molecule has 0 N–H and O–H groups in total. The predicted octanol–water partition coefficient (Wildman–Crippen LogP) is 3.75. The monoisotopic (exact) mass is 276 g/mol. The smallest absolute Gasteiger partial charge is 0.319 e. The van der Waals surface area contributed by atoms with Crippen molar-refractivity contribution in [3.63, 3.8) is 0 Å². The van der Waals surface area contributed by atoms with Crippen LogP contribution >= 0.6 is 0 Å². The summed E-state index contributed by atoms with van der Waals surface area (Å²) >= 11 is 0. The maximum absolute atomic E-state index is 12.6. The largest absolute Gasteiger partial charge is 0.489 e. The molecule has 0 aromatic heterocycles. The highest BCUT2D eigenvalue weighted by Gasteiger charge is 2.54. The number of allylic oxidation sites excluding steroid dienone is 1. The molecule has 2 aliphatic carbocycles. The molecule has 20 heavy (non-hydrogen) atoms. The van der Waals surface area contributed by atoms with Gasteiger partial charge < -0.3 is 9.47 Å². The molecule has 1 saturated heterocycles. The molecule has 110 valence electrons. The molecular formula is C17H24O3. The van der Waals surface area contributed by atoms with Crippen LogP contribution in [-0.2, 0) is 14.3 Å². The summed E-state index contributed by atoms with van der Waals surface area (Å²) in [6.45, 7) is 6.15. The van der Waals surface area contributed by atoms with E-state index in [0.717, 1.165) is 25.0 Å². The molecule has 0 bridgehead atoms. The van der Waals surface area contributed by atoms with E-state index in [2.05, 4.69) is 6.58 Å². The first-order chi connectivity index (χ1) is 9.71. The second-order valence-corrected chi connectivity index (χ2v) is 6.23. The summed E-state index contributed by atoms with van der Waals surface area (Å²) in [7, 11) is 0.